The second kappa shape index (κ2) is 14.7. The highest BCUT2D eigenvalue weighted by Gasteiger charge is 1.95. The Morgan fingerprint density at radius 3 is 2.30 bits per heavy atom. The fourth-order valence-corrected chi connectivity index (χ4v) is 1.44. The van der Waals surface area contributed by atoms with Crippen molar-refractivity contribution in [1.82, 2.24) is 0 Å². The van der Waals surface area contributed by atoms with Crippen LogP contribution in [0.15, 0.2) is 24.8 Å². The monoisotopic (exact) mass is 268 g/mol. The van der Waals surface area contributed by atoms with Crippen LogP contribution in [0.3, 0.4) is 0 Å². The van der Waals surface area contributed by atoms with Crippen molar-refractivity contribution in [2.45, 2.75) is 44.9 Å². The van der Waals surface area contributed by atoms with E-state index in [0.29, 0.717) is 0 Å². The van der Waals surface area contributed by atoms with Gasteiger partial charge in [0.25, 0.3) is 0 Å². The zero-order valence-electron chi connectivity index (χ0n) is 11.7. The predicted molar refractivity (Wildman–Crippen MR) is 82.6 cm³/mol. The van der Waals surface area contributed by atoms with Crippen LogP contribution in [0.2, 0.25) is 0 Å². The largest absolute Gasteiger partial charge is 0.481 e. The first-order valence-corrected chi connectivity index (χ1v) is 6.76. The van der Waals surface area contributed by atoms with E-state index in [9.17, 15) is 4.79 Å². The van der Waals surface area contributed by atoms with Crippen LogP contribution in [0, 0.1) is 35.5 Å². The first-order chi connectivity index (χ1) is 9.77. The molecule has 1 N–H and O–H groups in total. The molecule has 0 spiro atoms. The van der Waals surface area contributed by atoms with Crippen molar-refractivity contribution in [3.8, 4) is 35.5 Å². The lowest BCUT2D eigenvalue weighted by Gasteiger charge is -1.97. The fourth-order valence-electron chi connectivity index (χ4n) is 1.44. The summed E-state index contributed by atoms with van der Waals surface area (Å²) in [5, 5.41) is 8.47. The molecule has 0 amide bonds. The van der Waals surface area contributed by atoms with Gasteiger partial charge < -0.3 is 5.11 Å². The minimum Gasteiger partial charge on any atom is -0.481 e. The average molecular weight is 268 g/mol. The molecular weight excluding hydrogens is 248 g/mol. The van der Waals surface area contributed by atoms with Crippen LogP contribution in [0.5, 0.6) is 0 Å². The molecule has 0 aliphatic heterocycles. The van der Waals surface area contributed by atoms with Crippen molar-refractivity contribution in [2.75, 3.05) is 0 Å². The summed E-state index contributed by atoms with van der Waals surface area (Å²) in [5.74, 6) is 15.2. The van der Waals surface area contributed by atoms with Gasteiger partial charge in [0.2, 0.25) is 0 Å². The Morgan fingerprint density at radius 2 is 1.60 bits per heavy atom. The summed E-state index contributed by atoms with van der Waals surface area (Å²) in [6.45, 7) is 3.45. The van der Waals surface area contributed by atoms with E-state index in [2.05, 4.69) is 42.1 Å². The molecule has 0 unspecified atom stereocenters. The third-order valence-corrected chi connectivity index (χ3v) is 2.40. The second-order valence-electron chi connectivity index (χ2n) is 4.10. The van der Waals surface area contributed by atoms with E-state index in [1.165, 1.54) is 6.08 Å². The summed E-state index contributed by atoms with van der Waals surface area (Å²) < 4.78 is 0. The van der Waals surface area contributed by atoms with Gasteiger partial charge in [-0.15, -0.1) is 0 Å². The highest BCUT2D eigenvalue weighted by molar-refractivity contribution is 5.66. The Kier molecular flexibility index (Phi) is 12.9. The number of carboxylic acids is 1. The number of carboxylic acid groups (broad SMARTS) is 1. The minimum atomic E-state index is -0.704. The maximum atomic E-state index is 10.3. The number of carbonyl (C=O) groups is 1. The standard InChI is InChI=1S/C18H20O2/c1-2-3-4-5-6-7-8-9-10-11-12-13-14-15-16-17-18(19)20/h2,9-10H,1,11-17H2,(H,19,20)/b10-9+. The molecule has 0 aliphatic rings. The minimum absolute atomic E-state index is 0.285. The van der Waals surface area contributed by atoms with Gasteiger partial charge in [-0.05, 0) is 55.1 Å². The summed E-state index contributed by atoms with van der Waals surface area (Å²) >= 11 is 0. The molecule has 0 aromatic rings. The van der Waals surface area contributed by atoms with Crippen LogP contribution in [0.1, 0.15) is 44.9 Å². The average Bonchev–Trinajstić information content (AvgIpc) is 2.43. The lowest BCUT2D eigenvalue weighted by molar-refractivity contribution is -0.137. The summed E-state index contributed by atoms with van der Waals surface area (Å²) in [6.07, 6.45) is 11.7. The van der Waals surface area contributed by atoms with Crippen LogP contribution in [0.4, 0.5) is 0 Å². The van der Waals surface area contributed by atoms with Crippen LogP contribution < -0.4 is 0 Å². The SMILES string of the molecule is C=CC#CC#CC#C/C=C/CCCCCCCC(=O)O. The van der Waals surface area contributed by atoms with Crippen molar-refractivity contribution in [2.24, 2.45) is 0 Å². The Hall–Kier alpha value is -2.37. The number of unbranched alkanes of at least 4 members (excludes halogenated alkanes) is 5. The van der Waals surface area contributed by atoms with Gasteiger partial charge in [0.1, 0.15) is 0 Å². The van der Waals surface area contributed by atoms with Crippen LogP contribution in [0.25, 0.3) is 0 Å². The number of allylic oxidation sites excluding steroid dienone is 3. The predicted octanol–water partition coefficient (Wildman–Crippen LogP) is 3.55. The molecule has 0 aromatic heterocycles. The molecular formula is C18H20O2. The fraction of sp³-hybridized carbons (Fsp3) is 0.389. The summed E-state index contributed by atoms with van der Waals surface area (Å²) in [4.78, 5) is 10.3. The Labute approximate surface area is 122 Å². The molecule has 2 nitrogen and oxygen atoms in total. The Bertz CT molecular complexity index is 493. The third kappa shape index (κ3) is 15.6. The van der Waals surface area contributed by atoms with E-state index < -0.39 is 5.97 Å². The number of hydrogen-bond acceptors (Lipinski definition) is 1. The van der Waals surface area contributed by atoms with Gasteiger partial charge in [0.05, 0.1) is 0 Å². The van der Waals surface area contributed by atoms with Crippen molar-refractivity contribution in [3.05, 3.63) is 24.8 Å². The van der Waals surface area contributed by atoms with Crippen molar-refractivity contribution in [3.63, 3.8) is 0 Å². The molecule has 0 atom stereocenters. The van der Waals surface area contributed by atoms with Crippen LogP contribution >= 0.6 is 0 Å². The number of hydrogen-bond donors (Lipinski definition) is 1. The highest BCUT2D eigenvalue weighted by Crippen LogP contribution is 2.07. The van der Waals surface area contributed by atoms with E-state index in [1.807, 2.05) is 6.08 Å². The summed E-state index contributed by atoms with van der Waals surface area (Å²) in [6, 6.07) is 0. The first kappa shape index (κ1) is 17.6. The number of aliphatic carboxylic acids is 1. The van der Waals surface area contributed by atoms with E-state index in [1.54, 1.807) is 6.08 Å². The molecule has 0 fully saturated rings. The third-order valence-electron chi connectivity index (χ3n) is 2.40. The van der Waals surface area contributed by atoms with Crippen molar-refractivity contribution < 1.29 is 9.90 Å². The topological polar surface area (TPSA) is 37.3 Å². The lowest BCUT2D eigenvalue weighted by Crippen LogP contribution is -1.93. The lowest BCUT2D eigenvalue weighted by atomic mass is 10.1. The Morgan fingerprint density at radius 1 is 0.950 bits per heavy atom. The molecule has 0 bridgehead atoms. The molecule has 20 heavy (non-hydrogen) atoms. The van der Waals surface area contributed by atoms with Gasteiger partial charge in [-0.1, -0.05) is 43.8 Å². The van der Waals surface area contributed by atoms with Crippen LogP contribution in [-0.2, 0) is 4.79 Å². The van der Waals surface area contributed by atoms with Gasteiger partial charge in [-0.2, -0.15) is 0 Å². The Balaban J connectivity index is 3.48. The highest BCUT2D eigenvalue weighted by atomic mass is 16.4. The van der Waals surface area contributed by atoms with Gasteiger partial charge in [-0.25, -0.2) is 0 Å². The molecule has 104 valence electrons. The molecule has 0 radical (unpaired) electrons. The van der Waals surface area contributed by atoms with Gasteiger partial charge in [0.15, 0.2) is 0 Å². The normalized spacial score (nSPS) is 8.60. The zero-order valence-corrected chi connectivity index (χ0v) is 11.7. The van der Waals surface area contributed by atoms with Crippen LogP contribution in [-0.4, -0.2) is 11.1 Å². The van der Waals surface area contributed by atoms with Crippen molar-refractivity contribution >= 4 is 5.97 Å². The first-order valence-electron chi connectivity index (χ1n) is 6.76. The van der Waals surface area contributed by atoms with E-state index in [0.717, 1.165) is 38.5 Å². The zero-order chi connectivity index (χ0) is 14.9. The smallest absolute Gasteiger partial charge is 0.303 e. The molecule has 0 aromatic carbocycles. The molecule has 2 heteroatoms. The van der Waals surface area contributed by atoms with E-state index >= 15 is 0 Å². The van der Waals surface area contributed by atoms with Crippen molar-refractivity contribution in [1.29, 1.82) is 0 Å². The second-order valence-corrected chi connectivity index (χ2v) is 4.10. The maximum absolute atomic E-state index is 10.3. The molecule has 0 rings (SSSR count). The van der Waals surface area contributed by atoms with E-state index in [-0.39, 0.29) is 6.42 Å². The number of rotatable bonds is 8. The molecule has 0 aliphatic carbocycles. The maximum Gasteiger partial charge on any atom is 0.303 e. The van der Waals surface area contributed by atoms with Gasteiger partial charge >= 0.3 is 5.97 Å². The van der Waals surface area contributed by atoms with E-state index in [4.69, 9.17) is 5.11 Å². The van der Waals surface area contributed by atoms with Gasteiger partial charge in [-0.3, -0.25) is 4.79 Å². The quantitative estimate of drug-likeness (QED) is 0.540. The summed E-state index contributed by atoms with van der Waals surface area (Å²) in [5.41, 5.74) is 0. The summed E-state index contributed by atoms with van der Waals surface area (Å²) in [7, 11) is 0. The molecule has 0 heterocycles. The molecule has 0 saturated heterocycles. The van der Waals surface area contributed by atoms with Gasteiger partial charge in [0, 0.05) is 6.42 Å². The molecule has 0 saturated carbocycles.